The van der Waals surface area contributed by atoms with Crippen molar-refractivity contribution in [2.45, 2.75) is 13.0 Å². The van der Waals surface area contributed by atoms with Gasteiger partial charge in [-0.25, -0.2) is 0 Å². The lowest BCUT2D eigenvalue weighted by molar-refractivity contribution is -0.390. The Balaban J connectivity index is 1.76. The molecule has 2 heterocycles. The first-order valence-corrected chi connectivity index (χ1v) is 7.14. The summed E-state index contributed by atoms with van der Waals surface area (Å²) >= 11 is 3.15. The van der Waals surface area contributed by atoms with Gasteiger partial charge in [-0.05, 0) is 34.3 Å². The first kappa shape index (κ1) is 14.4. The summed E-state index contributed by atoms with van der Waals surface area (Å²) in [5.74, 6) is -0.111. The van der Waals surface area contributed by atoms with E-state index in [2.05, 4.69) is 37.9 Å². The Hall–Kier alpha value is -0.990. The number of likely N-dealkylation sites (N-methyl/N-ethyl adjacent to an activating group) is 1. The highest BCUT2D eigenvalue weighted by Crippen LogP contribution is 2.22. The van der Waals surface area contributed by atoms with E-state index in [-0.39, 0.29) is 5.82 Å². The largest absolute Gasteiger partial charge is 0.404 e. The minimum Gasteiger partial charge on any atom is -0.358 e. The number of aromatic nitrogens is 2. The van der Waals surface area contributed by atoms with E-state index in [1.165, 1.54) is 0 Å². The van der Waals surface area contributed by atoms with Crippen molar-refractivity contribution in [2.24, 2.45) is 0 Å². The van der Waals surface area contributed by atoms with Crippen molar-refractivity contribution >= 4 is 21.7 Å². The van der Waals surface area contributed by atoms with Crippen LogP contribution in [0, 0.1) is 10.1 Å². The molecule has 1 aromatic heterocycles. The summed E-state index contributed by atoms with van der Waals surface area (Å²) in [5.41, 5.74) is 0. The molecular weight excluding hydrogens is 314 g/mol. The number of hydrogen-bond acceptors (Lipinski definition) is 5. The molecule has 1 aliphatic heterocycles. The molecule has 0 amide bonds. The molecule has 0 aromatic carbocycles. The van der Waals surface area contributed by atoms with Crippen molar-refractivity contribution in [3.8, 4) is 0 Å². The Morgan fingerprint density at radius 3 is 2.63 bits per heavy atom. The summed E-state index contributed by atoms with van der Waals surface area (Å²) in [5, 5.41) is 14.6. The normalized spacial score (nSPS) is 17.8. The molecule has 1 aromatic rings. The Morgan fingerprint density at radius 2 is 2.05 bits per heavy atom. The second kappa shape index (κ2) is 6.44. The van der Waals surface area contributed by atoms with Gasteiger partial charge in [0.25, 0.3) is 0 Å². The van der Waals surface area contributed by atoms with Gasteiger partial charge in [0.05, 0.1) is 17.8 Å². The average Bonchev–Trinajstić information content (AvgIpc) is 2.73. The second-order valence-electron chi connectivity index (χ2n) is 4.82. The molecule has 0 spiro atoms. The van der Waals surface area contributed by atoms with E-state index in [0.717, 1.165) is 39.1 Å². The van der Waals surface area contributed by atoms with Crippen LogP contribution in [-0.2, 0) is 6.54 Å². The van der Waals surface area contributed by atoms with Gasteiger partial charge < -0.3 is 19.9 Å². The summed E-state index contributed by atoms with van der Waals surface area (Å²) in [7, 11) is 2.14. The Kier molecular flexibility index (Phi) is 4.89. The molecule has 0 atom stereocenters. The lowest BCUT2D eigenvalue weighted by atomic mass is 10.3. The van der Waals surface area contributed by atoms with Gasteiger partial charge in [0.15, 0.2) is 0 Å². The second-order valence-corrected chi connectivity index (χ2v) is 5.67. The number of piperazine rings is 1. The average molecular weight is 332 g/mol. The minimum atomic E-state index is -0.471. The number of halogens is 1. The fourth-order valence-electron chi connectivity index (χ4n) is 2.15. The third kappa shape index (κ3) is 3.99. The van der Waals surface area contributed by atoms with E-state index >= 15 is 0 Å². The highest BCUT2D eigenvalue weighted by atomic mass is 79.9. The van der Waals surface area contributed by atoms with Crippen LogP contribution in [0.4, 0.5) is 5.82 Å². The summed E-state index contributed by atoms with van der Waals surface area (Å²) in [6.45, 7) is 6.13. The fraction of sp³-hybridized carbons (Fsp3) is 0.727. The van der Waals surface area contributed by atoms with E-state index in [1.54, 1.807) is 10.9 Å². The highest BCUT2D eigenvalue weighted by molar-refractivity contribution is 9.10. The van der Waals surface area contributed by atoms with E-state index < -0.39 is 4.92 Å². The quantitative estimate of drug-likeness (QED) is 0.599. The fourth-order valence-corrected chi connectivity index (χ4v) is 2.61. The molecule has 19 heavy (non-hydrogen) atoms. The van der Waals surface area contributed by atoms with Crippen molar-refractivity contribution < 1.29 is 4.92 Å². The van der Waals surface area contributed by atoms with Crippen LogP contribution < -0.4 is 0 Å². The van der Waals surface area contributed by atoms with Crippen LogP contribution in [0.2, 0.25) is 0 Å². The van der Waals surface area contributed by atoms with Gasteiger partial charge in [-0.3, -0.25) is 0 Å². The maximum Gasteiger partial charge on any atom is 0.404 e. The molecule has 7 nitrogen and oxygen atoms in total. The Labute approximate surface area is 120 Å². The summed E-state index contributed by atoms with van der Waals surface area (Å²) < 4.78 is 2.08. The van der Waals surface area contributed by atoms with Crippen molar-refractivity contribution in [2.75, 3.05) is 39.8 Å². The molecule has 8 heteroatoms. The Morgan fingerprint density at radius 1 is 1.37 bits per heavy atom. The lowest BCUT2D eigenvalue weighted by Crippen LogP contribution is -2.44. The van der Waals surface area contributed by atoms with Gasteiger partial charge in [0.1, 0.15) is 4.47 Å². The maximum atomic E-state index is 10.7. The SMILES string of the molecule is CN1CCN(CCCn2cc(Br)c([N+](=O)[O-])n2)CC1. The van der Waals surface area contributed by atoms with Gasteiger partial charge in [0.2, 0.25) is 0 Å². The van der Waals surface area contributed by atoms with Gasteiger partial charge in [-0.1, -0.05) is 0 Å². The number of rotatable bonds is 5. The third-order valence-electron chi connectivity index (χ3n) is 3.33. The number of aryl methyl sites for hydroxylation is 1. The zero-order chi connectivity index (χ0) is 13.8. The smallest absolute Gasteiger partial charge is 0.358 e. The minimum absolute atomic E-state index is 0.111. The van der Waals surface area contributed by atoms with Crippen LogP contribution in [-0.4, -0.2) is 64.3 Å². The monoisotopic (exact) mass is 331 g/mol. The zero-order valence-electron chi connectivity index (χ0n) is 11.0. The van der Waals surface area contributed by atoms with Crippen molar-refractivity contribution in [1.82, 2.24) is 19.6 Å². The van der Waals surface area contributed by atoms with Crippen molar-refractivity contribution in [3.05, 3.63) is 20.8 Å². The third-order valence-corrected chi connectivity index (χ3v) is 3.89. The van der Waals surface area contributed by atoms with Crippen LogP contribution in [0.5, 0.6) is 0 Å². The summed E-state index contributed by atoms with van der Waals surface area (Å²) in [4.78, 5) is 15.0. The first-order valence-electron chi connectivity index (χ1n) is 6.34. The Bertz CT molecular complexity index is 442. The van der Waals surface area contributed by atoms with E-state index in [1.807, 2.05) is 0 Å². The molecule has 0 radical (unpaired) electrons. The van der Waals surface area contributed by atoms with Gasteiger partial charge in [-0.2, -0.15) is 4.68 Å². The molecule has 0 bridgehead atoms. The number of hydrogen-bond donors (Lipinski definition) is 0. The molecule has 0 unspecified atom stereocenters. The van der Waals surface area contributed by atoms with Crippen molar-refractivity contribution in [3.63, 3.8) is 0 Å². The topological polar surface area (TPSA) is 67.4 Å². The first-order chi connectivity index (χ1) is 9.06. The lowest BCUT2D eigenvalue weighted by Gasteiger charge is -2.32. The van der Waals surface area contributed by atoms with Crippen molar-refractivity contribution in [1.29, 1.82) is 0 Å². The predicted octanol–water partition coefficient (Wildman–Crippen LogP) is 1.19. The summed E-state index contributed by atoms with van der Waals surface area (Å²) in [6, 6.07) is 0. The number of nitrogens with zero attached hydrogens (tertiary/aromatic N) is 5. The number of nitro groups is 1. The van der Waals surface area contributed by atoms with Crippen LogP contribution in [0.15, 0.2) is 10.7 Å². The van der Waals surface area contributed by atoms with E-state index in [9.17, 15) is 10.1 Å². The molecule has 1 fully saturated rings. The predicted molar refractivity (Wildman–Crippen MR) is 75.1 cm³/mol. The van der Waals surface area contributed by atoms with Crippen LogP contribution in [0.1, 0.15) is 6.42 Å². The van der Waals surface area contributed by atoms with Gasteiger partial charge >= 0.3 is 5.82 Å². The van der Waals surface area contributed by atoms with Gasteiger partial charge in [0, 0.05) is 32.7 Å². The molecule has 0 saturated carbocycles. The van der Waals surface area contributed by atoms with E-state index in [4.69, 9.17) is 0 Å². The van der Waals surface area contributed by atoms with E-state index in [0.29, 0.717) is 11.0 Å². The molecule has 2 rings (SSSR count). The van der Waals surface area contributed by atoms with Gasteiger partial charge in [-0.15, -0.1) is 0 Å². The molecule has 1 saturated heterocycles. The van der Waals surface area contributed by atoms with Crippen LogP contribution >= 0.6 is 15.9 Å². The zero-order valence-corrected chi connectivity index (χ0v) is 12.5. The molecule has 0 aliphatic carbocycles. The molecule has 106 valence electrons. The summed E-state index contributed by atoms with van der Waals surface area (Å²) in [6.07, 6.45) is 2.62. The molecule has 1 aliphatic rings. The molecule has 0 N–H and O–H groups in total. The highest BCUT2D eigenvalue weighted by Gasteiger charge is 2.18. The standard InChI is InChI=1S/C11H18BrN5O2/c1-14-5-7-15(8-6-14)3-2-4-16-9-10(12)11(13-16)17(18)19/h9H,2-8H2,1H3. The van der Waals surface area contributed by atoms with Crippen LogP contribution in [0.3, 0.4) is 0 Å². The molecular formula is C11H18BrN5O2. The van der Waals surface area contributed by atoms with Crippen LogP contribution in [0.25, 0.3) is 0 Å². The maximum absolute atomic E-state index is 10.7.